The van der Waals surface area contributed by atoms with E-state index in [1.807, 2.05) is 0 Å². The number of benzene rings is 2. The molecule has 0 aromatic heterocycles. The van der Waals surface area contributed by atoms with Crippen molar-refractivity contribution in [3.05, 3.63) is 65.7 Å². The first-order valence-corrected chi connectivity index (χ1v) is 8.85. The molecule has 5 nitrogen and oxygen atoms in total. The highest BCUT2D eigenvalue weighted by Crippen LogP contribution is 2.20. The number of hydrogen-bond acceptors (Lipinski definition) is 3. The van der Waals surface area contributed by atoms with E-state index in [-0.39, 0.29) is 12.2 Å². The summed E-state index contributed by atoms with van der Waals surface area (Å²) in [6.45, 7) is -0.449. The Morgan fingerprint density at radius 1 is 1.08 bits per heavy atom. The Hall–Kier alpha value is -2.48. The zero-order valence-electron chi connectivity index (χ0n) is 12.9. The van der Waals surface area contributed by atoms with Crippen LogP contribution in [0.5, 0.6) is 0 Å². The van der Waals surface area contributed by atoms with Gasteiger partial charge in [0.2, 0.25) is 15.9 Å². The molecule has 2 aromatic carbocycles. The first-order valence-electron chi connectivity index (χ1n) is 7.01. The summed E-state index contributed by atoms with van der Waals surface area (Å²) in [7, 11) is -3.84. The molecule has 0 aliphatic carbocycles. The van der Waals surface area contributed by atoms with Gasteiger partial charge in [0.05, 0.1) is 11.9 Å². The van der Waals surface area contributed by atoms with Gasteiger partial charge < -0.3 is 5.32 Å². The van der Waals surface area contributed by atoms with Gasteiger partial charge in [-0.1, -0.05) is 24.3 Å². The fourth-order valence-corrected chi connectivity index (χ4v) is 2.88. The van der Waals surface area contributed by atoms with Crippen LogP contribution in [0.3, 0.4) is 0 Å². The number of nitrogens with zero attached hydrogens (tertiary/aromatic N) is 1. The number of rotatable bonds is 6. The number of hydrogen-bond donors (Lipinski definition) is 1. The average molecular weight is 354 g/mol. The van der Waals surface area contributed by atoms with Crippen LogP contribution in [-0.4, -0.2) is 27.1 Å². The number of halogens is 2. The summed E-state index contributed by atoms with van der Waals surface area (Å²) >= 11 is 0. The second-order valence-corrected chi connectivity index (χ2v) is 7.03. The van der Waals surface area contributed by atoms with Crippen molar-refractivity contribution in [2.45, 2.75) is 6.54 Å². The van der Waals surface area contributed by atoms with Crippen LogP contribution < -0.4 is 9.62 Å². The highest BCUT2D eigenvalue weighted by molar-refractivity contribution is 7.92. The fraction of sp³-hybridized carbons (Fsp3) is 0.188. The molecule has 1 N–H and O–H groups in total. The van der Waals surface area contributed by atoms with E-state index < -0.39 is 34.1 Å². The summed E-state index contributed by atoms with van der Waals surface area (Å²) in [6, 6.07) is 10.8. The third kappa shape index (κ3) is 4.76. The summed E-state index contributed by atoms with van der Waals surface area (Å²) in [5, 5.41) is 2.52. The van der Waals surface area contributed by atoms with Crippen molar-refractivity contribution in [1.82, 2.24) is 5.32 Å². The van der Waals surface area contributed by atoms with Crippen LogP contribution in [0.15, 0.2) is 48.5 Å². The van der Waals surface area contributed by atoms with Crippen LogP contribution in [-0.2, 0) is 21.4 Å². The van der Waals surface area contributed by atoms with Crippen LogP contribution in [0.1, 0.15) is 5.56 Å². The summed E-state index contributed by atoms with van der Waals surface area (Å²) in [4.78, 5) is 12.0. The molecule has 0 spiro atoms. The molecule has 0 aliphatic rings. The number of sulfonamides is 1. The van der Waals surface area contributed by atoms with Crippen LogP contribution in [0, 0.1) is 11.6 Å². The lowest BCUT2D eigenvalue weighted by molar-refractivity contribution is -0.119. The van der Waals surface area contributed by atoms with Gasteiger partial charge in [-0.2, -0.15) is 0 Å². The smallest absolute Gasteiger partial charge is 0.241 e. The van der Waals surface area contributed by atoms with E-state index in [0.29, 0.717) is 9.87 Å². The van der Waals surface area contributed by atoms with Crippen LogP contribution in [0.25, 0.3) is 0 Å². The molecule has 24 heavy (non-hydrogen) atoms. The molecule has 128 valence electrons. The molecule has 0 aliphatic heterocycles. The molecule has 0 radical (unpaired) electrons. The van der Waals surface area contributed by atoms with Gasteiger partial charge in [-0.05, 0) is 29.8 Å². The molecular weight excluding hydrogens is 338 g/mol. The van der Waals surface area contributed by atoms with E-state index >= 15 is 0 Å². The lowest BCUT2D eigenvalue weighted by Gasteiger charge is -2.22. The van der Waals surface area contributed by atoms with Crippen molar-refractivity contribution in [3.8, 4) is 0 Å². The van der Waals surface area contributed by atoms with Gasteiger partial charge >= 0.3 is 0 Å². The maximum atomic E-state index is 13.8. The summed E-state index contributed by atoms with van der Waals surface area (Å²) in [5.74, 6) is -1.74. The van der Waals surface area contributed by atoms with Gasteiger partial charge in [-0.3, -0.25) is 9.10 Å². The normalized spacial score (nSPS) is 11.1. The molecule has 2 aromatic rings. The van der Waals surface area contributed by atoms with Gasteiger partial charge in [0.15, 0.2) is 0 Å². The molecular formula is C16H16F2N2O3S. The molecule has 0 unspecified atom stereocenters. The van der Waals surface area contributed by atoms with Crippen LogP contribution >= 0.6 is 0 Å². The third-order valence-corrected chi connectivity index (χ3v) is 4.34. The maximum absolute atomic E-state index is 13.8. The van der Waals surface area contributed by atoms with E-state index in [9.17, 15) is 22.0 Å². The van der Waals surface area contributed by atoms with Crippen molar-refractivity contribution in [1.29, 1.82) is 0 Å². The molecule has 1 amide bonds. The zero-order valence-corrected chi connectivity index (χ0v) is 13.7. The fourth-order valence-electron chi connectivity index (χ4n) is 2.02. The van der Waals surface area contributed by atoms with Crippen LogP contribution in [0.4, 0.5) is 14.5 Å². The summed E-state index contributed by atoms with van der Waals surface area (Å²) in [6.07, 6.45) is 0.896. The SMILES string of the molecule is CS(=O)(=O)N(CC(=O)NCc1ccc(F)cc1)c1ccccc1F. The minimum Gasteiger partial charge on any atom is -0.350 e. The van der Waals surface area contributed by atoms with Crippen molar-refractivity contribution < 1.29 is 22.0 Å². The minimum absolute atomic E-state index is 0.105. The number of carbonyl (C=O) groups excluding carboxylic acids is 1. The maximum Gasteiger partial charge on any atom is 0.241 e. The Labute approximate surface area is 139 Å². The highest BCUT2D eigenvalue weighted by Gasteiger charge is 2.23. The van der Waals surface area contributed by atoms with E-state index in [1.54, 1.807) is 0 Å². The first-order chi connectivity index (χ1) is 11.3. The Balaban J connectivity index is 2.08. The molecule has 8 heteroatoms. The monoisotopic (exact) mass is 354 g/mol. The minimum atomic E-state index is -3.84. The largest absolute Gasteiger partial charge is 0.350 e. The predicted molar refractivity (Wildman–Crippen MR) is 86.8 cm³/mol. The molecule has 0 fully saturated rings. The number of carbonyl (C=O) groups is 1. The lowest BCUT2D eigenvalue weighted by atomic mass is 10.2. The quantitative estimate of drug-likeness (QED) is 0.863. The predicted octanol–water partition coefficient (Wildman–Crippen LogP) is 2.05. The van der Waals surface area contributed by atoms with Crippen molar-refractivity contribution in [2.24, 2.45) is 0 Å². The second kappa shape index (κ2) is 7.39. The summed E-state index contributed by atoms with van der Waals surface area (Å²) < 4.78 is 51.1. The third-order valence-electron chi connectivity index (χ3n) is 3.21. The Morgan fingerprint density at radius 3 is 2.29 bits per heavy atom. The van der Waals surface area contributed by atoms with Crippen molar-refractivity contribution >= 4 is 21.6 Å². The van der Waals surface area contributed by atoms with Crippen LogP contribution in [0.2, 0.25) is 0 Å². The average Bonchev–Trinajstić information content (AvgIpc) is 2.52. The number of para-hydroxylation sites is 1. The molecule has 0 saturated carbocycles. The Morgan fingerprint density at radius 2 is 1.71 bits per heavy atom. The topological polar surface area (TPSA) is 66.5 Å². The highest BCUT2D eigenvalue weighted by atomic mass is 32.2. The Bertz CT molecular complexity index is 823. The van der Waals surface area contributed by atoms with E-state index in [0.717, 1.165) is 12.3 Å². The van der Waals surface area contributed by atoms with Gasteiger partial charge in [0, 0.05) is 6.54 Å². The lowest BCUT2D eigenvalue weighted by Crippen LogP contribution is -2.40. The van der Waals surface area contributed by atoms with Gasteiger partial charge in [-0.15, -0.1) is 0 Å². The number of nitrogens with one attached hydrogen (secondary N) is 1. The second-order valence-electron chi connectivity index (χ2n) is 5.12. The number of anilines is 1. The summed E-state index contributed by atoms with van der Waals surface area (Å²) in [5.41, 5.74) is 0.457. The van der Waals surface area contributed by atoms with Crippen molar-refractivity contribution in [3.63, 3.8) is 0 Å². The van der Waals surface area contributed by atoms with Crippen molar-refractivity contribution in [2.75, 3.05) is 17.1 Å². The van der Waals surface area contributed by atoms with Gasteiger partial charge in [0.25, 0.3) is 0 Å². The molecule has 0 bridgehead atoms. The van der Waals surface area contributed by atoms with Gasteiger partial charge in [-0.25, -0.2) is 17.2 Å². The van der Waals surface area contributed by atoms with E-state index in [4.69, 9.17) is 0 Å². The van der Waals surface area contributed by atoms with E-state index in [1.165, 1.54) is 42.5 Å². The van der Waals surface area contributed by atoms with Gasteiger partial charge in [0.1, 0.15) is 18.2 Å². The van der Waals surface area contributed by atoms with E-state index in [2.05, 4.69) is 5.32 Å². The molecule has 0 heterocycles. The molecule has 2 rings (SSSR count). The standard InChI is InChI=1S/C16H16F2N2O3S/c1-24(22,23)20(15-5-3-2-4-14(15)18)11-16(21)19-10-12-6-8-13(17)9-7-12/h2-9H,10-11H2,1H3,(H,19,21). The molecule has 0 saturated heterocycles. The first kappa shape index (κ1) is 17.9. The number of amides is 1. The Kier molecular flexibility index (Phi) is 5.50. The molecule has 0 atom stereocenters. The zero-order chi connectivity index (χ0) is 17.7.